The monoisotopic (exact) mass is 385 g/mol. The molecule has 152 valence electrons. The lowest BCUT2D eigenvalue weighted by Crippen LogP contribution is -2.42. The SMILES string of the molecule is COCCNC(=O)CC1C[C@H]2[C@@H]3CCc4cc(O)ccc4[C@H]3CC[C@]2(C)C1=O. The van der Waals surface area contributed by atoms with Gasteiger partial charge in [0.2, 0.25) is 5.91 Å². The van der Waals surface area contributed by atoms with Crippen molar-refractivity contribution in [3.63, 3.8) is 0 Å². The molecule has 28 heavy (non-hydrogen) atoms. The maximum absolute atomic E-state index is 13.3. The Morgan fingerprint density at radius 2 is 2.18 bits per heavy atom. The topological polar surface area (TPSA) is 75.6 Å². The normalized spacial score (nSPS) is 33.7. The summed E-state index contributed by atoms with van der Waals surface area (Å²) in [6.45, 7) is 3.13. The highest BCUT2D eigenvalue weighted by Gasteiger charge is 2.58. The first-order chi connectivity index (χ1) is 13.4. The van der Waals surface area contributed by atoms with E-state index in [-0.39, 0.29) is 17.2 Å². The summed E-state index contributed by atoms with van der Waals surface area (Å²) in [6, 6.07) is 5.79. The van der Waals surface area contributed by atoms with Crippen LogP contribution in [0.3, 0.4) is 0 Å². The van der Waals surface area contributed by atoms with Gasteiger partial charge in [0.15, 0.2) is 0 Å². The third-order valence-corrected chi connectivity index (χ3v) is 7.63. The lowest BCUT2D eigenvalue weighted by Gasteiger charge is -2.48. The molecule has 5 nitrogen and oxygen atoms in total. The first-order valence-electron chi connectivity index (χ1n) is 10.6. The zero-order chi connectivity index (χ0) is 19.9. The summed E-state index contributed by atoms with van der Waals surface area (Å²) in [5.41, 5.74) is 2.35. The third kappa shape index (κ3) is 3.24. The second-order valence-electron chi connectivity index (χ2n) is 9.10. The number of rotatable bonds is 5. The van der Waals surface area contributed by atoms with Crippen LogP contribution < -0.4 is 5.32 Å². The molecule has 5 atom stereocenters. The Bertz CT molecular complexity index is 776. The molecule has 0 aliphatic heterocycles. The largest absolute Gasteiger partial charge is 0.508 e. The smallest absolute Gasteiger partial charge is 0.220 e. The van der Waals surface area contributed by atoms with E-state index in [0.29, 0.717) is 48.9 Å². The maximum Gasteiger partial charge on any atom is 0.220 e. The molecule has 3 aliphatic carbocycles. The fraction of sp³-hybridized carbons (Fsp3) is 0.652. The highest BCUT2D eigenvalue weighted by atomic mass is 16.5. The molecule has 1 unspecified atom stereocenters. The van der Waals surface area contributed by atoms with Crippen LogP contribution in [0.5, 0.6) is 5.75 Å². The molecule has 0 aromatic heterocycles. The van der Waals surface area contributed by atoms with Crippen molar-refractivity contribution in [1.29, 1.82) is 0 Å². The van der Waals surface area contributed by atoms with Gasteiger partial charge < -0.3 is 15.2 Å². The minimum atomic E-state index is -0.285. The Kier molecular flexibility index (Phi) is 5.21. The van der Waals surface area contributed by atoms with E-state index in [1.807, 2.05) is 6.07 Å². The van der Waals surface area contributed by atoms with Gasteiger partial charge in [-0.05, 0) is 73.1 Å². The predicted octanol–water partition coefficient (Wildman–Crippen LogP) is 3.20. The van der Waals surface area contributed by atoms with Gasteiger partial charge in [-0.15, -0.1) is 0 Å². The number of methoxy groups -OCH3 is 1. The lowest BCUT2D eigenvalue weighted by molar-refractivity contribution is -0.134. The standard InChI is InChI=1S/C23H31NO4/c1-23-8-7-18-17-6-4-16(25)11-14(17)3-5-19(18)20(23)12-15(22(23)27)13-21(26)24-9-10-28-2/h4,6,11,15,18-20,25H,3,5,7-10,12-13H2,1-2H3,(H,24,26)/t15?,18-,19-,20+,23+/m1/s1. The first kappa shape index (κ1) is 19.4. The summed E-state index contributed by atoms with van der Waals surface area (Å²) < 4.78 is 4.97. The van der Waals surface area contributed by atoms with Crippen molar-refractivity contribution in [2.45, 2.75) is 51.4 Å². The quantitative estimate of drug-likeness (QED) is 0.763. The van der Waals surface area contributed by atoms with Crippen LogP contribution >= 0.6 is 0 Å². The number of ether oxygens (including phenoxy) is 1. The Morgan fingerprint density at radius 1 is 1.36 bits per heavy atom. The van der Waals surface area contributed by atoms with Gasteiger partial charge in [-0.3, -0.25) is 9.59 Å². The molecule has 0 saturated heterocycles. The molecule has 3 aliphatic rings. The van der Waals surface area contributed by atoms with Crippen molar-refractivity contribution in [2.75, 3.05) is 20.3 Å². The zero-order valence-electron chi connectivity index (χ0n) is 16.9. The van der Waals surface area contributed by atoms with Gasteiger partial charge in [0.05, 0.1) is 6.61 Å². The van der Waals surface area contributed by atoms with Crippen molar-refractivity contribution in [1.82, 2.24) is 5.32 Å². The van der Waals surface area contributed by atoms with Crippen LogP contribution in [0, 0.1) is 23.2 Å². The number of hydrogen-bond donors (Lipinski definition) is 2. The average Bonchev–Trinajstić information content (AvgIpc) is 2.92. The van der Waals surface area contributed by atoms with E-state index in [0.717, 1.165) is 32.1 Å². The fourth-order valence-electron chi connectivity index (χ4n) is 6.27. The maximum atomic E-state index is 13.3. The minimum absolute atomic E-state index is 0.0429. The molecule has 0 bridgehead atoms. The van der Waals surface area contributed by atoms with E-state index < -0.39 is 0 Å². The van der Waals surface area contributed by atoms with E-state index in [1.165, 1.54) is 11.1 Å². The molecule has 0 radical (unpaired) electrons. The minimum Gasteiger partial charge on any atom is -0.508 e. The van der Waals surface area contributed by atoms with E-state index in [9.17, 15) is 14.7 Å². The number of carbonyl (C=O) groups is 2. The number of ketones is 1. The Hall–Kier alpha value is -1.88. The number of phenols is 1. The number of phenolic OH excluding ortho intramolecular Hbond substituents is 1. The summed E-state index contributed by atoms with van der Waals surface area (Å²) in [4.78, 5) is 25.5. The van der Waals surface area contributed by atoms with Gasteiger partial charge in [-0.2, -0.15) is 0 Å². The van der Waals surface area contributed by atoms with Crippen LogP contribution in [0.2, 0.25) is 0 Å². The van der Waals surface area contributed by atoms with E-state index >= 15 is 0 Å². The molecule has 1 aromatic rings. The molecule has 1 aromatic carbocycles. The third-order valence-electron chi connectivity index (χ3n) is 7.63. The van der Waals surface area contributed by atoms with Gasteiger partial charge in [-0.1, -0.05) is 13.0 Å². The summed E-state index contributed by atoms with van der Waals surface area (Å²) in [7, 11) is 1.61. The Balaban J connectivity index is 1.50. The second kappa shape index (κ2) is 7.51. The van der Waals surface area contributed by atoms with E-state index in [2.05, 4.69) is 18.3 Å². The molecule has 2 saturated carbocycles. The van der Waals surface area contributed by atoms with Gasteiger partial charge in [-0.25, -0.2) is 0 Å². The first-order valence-corrected chi connectivity index (χ1v) is 10.6. The number of hydrogen-bond acceptors (Lipinski definition) is 4. The number of aryl methyl sites for hydroxylation is 1. The summed E-state index contributed by atoms with van der Waals surface area (Å²) in [6.07, 6.45) is 5.10. The van der Waals surface area contributed by atoms with Crippen molar-refractivity contribution in [2.24, 2.45) is 23.2 Å². The van der Waals surface area contributed by atoms with Crippen LogP contribution in [0.25, 0.3) is 0 Å². The van der Waals surface area contributed by atoms with Crippen molar-refractivity contribution in [3.05, 3.63) is 29.3 Å². The molecule has 0 spiro atoms. The molecule has 5 heteroatoms. The van der Waals surface area contributed by atoms with Crippen molar-refractivity contribution < 1.29 is 19.4 Å². The molecular weight excluding hydrogens is 354 g/mol. The molecular formula is C23H31NO4. The molecule has 4 rings (SSSR count). The lowest BCUT2D eigenvalue weighted by atomic mass is 9.55. The molecule has 2 N–H and O–H groups in total. The second-order valence-corrected chi connectivity index (χ2v) is 9.10. The van der Waals surface area contributed by atoms with Gasteiger partial charge >= 0.3 is 0 Å². The number of fused-ring (bicyclic) bond motifs is 5. The van der Waals surface area contributed by atoms with E-state index in [4.69, 9.17) is 4.74 Å². The average molecular weight is 386 g/mol. The number of benzene rings is 1. The number of carbonyl (C=O) groups excluding carboxylic acids is 2. The fourth-order valence-corrected chi connectivity index (χ4v) is 6.27. The van der Waals surface area contributed by atoms with Crippen molar-refractivity contribution in [3.8, 4) is 5.75 Å². The van der Waals surface area contributed by atoms with Crippen LogP contribution in [0.4, 0.5) is 0 Å². The van der Waals surface area contributed by atoms with E-state index in [1.54, 1.807) is 13.2 Å². The van der Waals surface area contributed by atoms with Crippen LogP contribution in [-0.2, 0) is 20.7 Å². The molecule has 2 fully saturated rings. The van der Waals surface area contributed by atoms with Crippen LogP contribution in [0.15, 0.2) is 18.2 Å². The number of aromatic hydroxyl groups is 1. The zero-order valence-corrected chi connectivity index (χ0v) is 16.9. The number of Topliss-reactive ketones (excluding diaryl/α,β-unsaturated/α-hetero) is 1. The Morgan fingerprint density at radius 3 is 2.96 bits per heavy atom. The van der Waals surface area contributed by atoms with Gasteiger partial charge in [0.1, 0.15) is 11.5 Å². The molecule has 1 amide bonds. The highest BCUT2D eigenvalue weighted by Crippen LogP contribution is 2.61. The highest BCUT2D eigenvalue weighted by molar-refractivity contribution is 5.93. The predicted molar refractivity (Wildman–Crippen MR) is 106 cm³/mol. The van der Waals surface area contributed by atoms with Gasteiger partial charge in [0, 0.05) is 31.4 Å². The number of amides is 1. The van der Waals surface area contributed by atoms with Gasteiger partial charge in [0.25, 0.3) is 0 Å². The van der Waals surface area contributed by atoms with Crippen LogP contribution in [-0.4, -0.2) is 37.1 Å². The van der Waals surface area contributed by atoms with Crippen molar-refractivity contribution >= 4 is 11.7 Å². The Labute approximate surface area is 166 Å². The summed E-state index contributed by atoms with van der Waals surface area (Å²) in [5, 5.41) is 12.7. The van der Waals surface area contributed by atoms with Crippen LogP contribution in [0.1, 0.15) is 56.1 Å². The number of nitrogens with one attached hydrogen (secondary N) is 1. The summed E-state index contributed by atoms with van der Waals surface area (Å²) in [5.74, 6) is 1.78. The summed E-state index contributed by atoms with van der Waals surface area (Å²) >= 11 is 0. The molecule has 0 heterocycles.